The van der Waals surface area contributed by atoms with Crippen LogP contribution in [0.2, 0.25) is 0 Å². The van der Waals surface area contributed by atoms with Gasteiger partial charge in [0.15, 0.2) is 11.5 Å². The van der Waals surface area contributed by atoms with E-state index in [2.05, 4.69) is 10.6 Å². The van der Waals surface area contributed by atoms with E-state index in [1.807, 2.05) is 25.1 Å². The molecule has 1 aromatic carbocycles. The second-order valence-corrected chi connectivity index (χ2v) is 4.86. The Balaban J connectivity index is 1.85. The molecule has 0 saturated heterocycles. The number of carbonyl (C=O) groups excluding carboxylic acids is 1. The third-order valence-electron chi connectivity index (χ3n) is 3.21. The highest BCUT2D eigenvalue weighted by Gasteiger charge is 2.15. The molecule has 0 radical (unpaired) electrons. The molecule has 0 saturated carbocycles. The van der Waals surface area contributed by atoms with E-state index < -0.39 is 0 Å². The van der Waals surface area contributed by atoms with Crippen molar-refractivity contribution in [3.63, 3.8) is 0 Å². The van der Waals surface area contributed by atoms with Crippen molar-refractivity contribution in [2.75, 3.05) is 40.0 Å². The van der Waals surface area contributed by atoms with Crippen molar-refractivity contribution in [3.05, 3.63) is 23.8 Å². The number of hydrogen-bond acceptors (Lipinski definition) is 5. The normalized spacial score (nSPS) is 14.6. The molecule has 1 heterocycles. The van der Waals surface area contributed by atoms with Gasteiger partial charge < -0.3 is 24.8 Å². The SMILES string of the molecule is COCCNCC(=O)NC(C)c1ccc2c(c1)OCCO2. The van der Waals surface area contributed by atoms with Crippen LogP contribution in [0.3, 0.4) is 0 Å². The Labute approximate surface area is 124 Å². The number of amides is 1. The molecule has 116 valence electrons. The van der Waals surface area contributed by atoms with Crippen LogP contribution in [0.1, 0.15) is 18.5 Å². The van der Waals surface area contributed by atoms with Gasteiger partial charge in [0.25, 0.3) is 0 Å². The van der Waals surface area contributed by atoms with Gasteiger partial charge in [-0.3, -0.25) is 4.79 Å². The summed E-state index contributed by atoms with van der Waals surface area (Å²) in [4.78, 5) is 11.8. The van der Waals surface area contributed by atoms with Crippen LogP contribution >= 0.6 is 0 Å². The van der Waals surface area contributed by atoms with Gasteiger partial charge in [0, 0.05) is 13.7 Å². The minimum atomic E-state index is -0.0856. The average molecular weight is 294 g/mol. The summed E-state index contributed by atoms with van der Waals surface area (Å²) >= 11 is 0. The van der Waals surface area contributed by atoms with Gasteiger partial charge in [0.05, 0.1) is 19.2 Å². The highest BCUT2D eigenvalue weighted by molar-refractivity contribution is 5.78. The van der Waals surface area contributed by atoms with Crippen molar-refractivity contribution in [1.29, 1.82) is 0 Å². The lowest BCUT2D eigenvalue weighted by molar-refractivity contribution is -0.120. The number of carbonyl (C=O) groups is 1. The fourth-order valence-corrected chi connectivity index (χ4v) is 2.08. The molecule has 2 N–H and O–H groups in total. The Morgan fingerprint density at radius 2 is 2.10 bits per heavy atom. The van der Waals surface area contributed by atoms with Crippen LogP contribution in [0.4, 0.5) is 0 Å². The van der Waals surface area contributed by atoms with Crippen LogP contribution in [0.25, 0.3) is 0 Å². The van der Waals surface area contributed by atoms with Crippen molar-refractivity contribution in [2.24, 2.45) is 0 Å². The van der Waals surface area contributed by atoms with Crippen LogP contribution in [-0.2, 0) is 9.53 Å². The number of methoxy groups -OCH3 is 1. The summed E-state index contributed by atoms with van der Waals surface area (Å²) in [5.74, 6) is 1.44. The Morgan fingerprint density at radius 1 is 1.33 bits per heavy atom. The lowest BCUT2D eigenvalue weighted by Gasteiger charge is -2.21. The highest BCUT2D eigenvalue weighted by atomic mass is 16.6. The summed E-state index contributed by atoms with van der Waals surface area (Å²) in [6.45, 7) is 4.59. The molecule has 1 amide bonds. The second kappa shape index (κ2) is 7.85. The van der Waals surface area contributed by atoms with E-state index in [1.54, 1.807) is 7.11 Å². The first-order chi connectivity index (χ1) is 10.2. The zero-order chi connectivity index (χ0) is 15.1. The van der Waals surface area contributed by atoms with Gasteiger partial charge in [-0.05, 0) is 24.6 Å². The van der Waals surface area contributed by atoms with Crippen LogP contribution in [0.15, 0.2) is 18.2 Å². The molecule has 1 atom stereocenters. The topological polar surface area (TPSA) is 68.8 Å². The Hall–Kier alpha value is -1.79. The first kappa shape index (κ1) is 15.6. The van der Waals surface area contributed by atoms with Gasteiger partial charge in [-0.1, -0.05) is 6.07 Å². The lowest BCUT2D eigenvalue weighted by atomic mass is 10.1. The number of fused-ring (bicyclic) bond motifs is 1. The number of ether oxygens (including phenoxy) is 3. The van der Waals surface area contributed by atoms with Gasteiger partial charge >= 0.3 is 0 Å². The fraction of sp³-hybridized carbons (Fsp3) is 0.533. The van der Waals surface area contributed by atoms with Crippen molar-refractivity contribution >= 4 is 5.91 Å². The predicted octanol–water partition coefficient (Wildman–Crippen LogP) is 0.871. The largest absolute Gasteiger partial charge is 0.486 e. The fourth-order valence-electron chi connectivity index (χ4n) is 2.08. The molecule has 1 aromatic rings. The Kier molecular flexibility index (Phi) is 5.83. The van der Waals surface area contributed by atoms with Crippen LogP contribution < -0.4 is 20.1 Å². The molecule has 1 aliphatic heterocycles. The molecule has 0 aromatic heterocycles. The third kappa shape index (κ3) is 4.61. The first-order valence-corrected chi connectivity index (χ1v) is 7.09. The molecule has 0 spiro atoms. The number of benzene rings is 1. The van der Waals surface area contributed by atoms with Gasteiger partial charge in [-0.25, -0.2) is 0 Å². The summed E-state index contributed by atoms with van der Waals surface area (Å²) in [6.07, 6.45) is 0. The average Bonchev–Trinajstić information content (AvgIpc) is 2.51. The van der Waals surface area contributed by atoms with E-state index in [0.717, 1.165) is 17.1 Å². The Morgan fingerprint density at radius 3 is 2.86 bits per heavy atom. The van der Waals surface area contributed by atoms with Crippen LogP contribution in [0.5, 0.6) is 11.5 Å². The molecular formula is C15H22N2O4. The zero-order valence-electron chi connectivity index (χ0n) is 12.5. The summed E-state index contributed by atoms with van der Waals surface area (Å²) < 4.78 is 15.9. The maximum atomic E-state index is 11.8. The van der Waals surface area contributed by atoms with E-state index >= 15 is 0 Å². The molecular weight excluding hydrogens is 272 g/mol. The summed E-state index contributed by atoms with van der Waals surface area (Å²) in [5.41, 5.74) is 0.990. The summed E-state index contributed by atoms with van der Waals surface area (Å²) in [6, 6.07) is 5.65. The van der Waals surface area contributed by atoms with Crippen molar-refractivity contribution in [1.82, 2.24) is 10.6 Å². The highest BCUT2D eigenvalue weighted by Crippen LogP contribution is 2.32. The van der Waals surface area contributed by atoms with Crippen molar-refractivity contribution in [3.8, 4) is 11.5 Å². The van der Waals surface area contributed by atoms with Gasteiger partial charge in [-0.15, -0.1) is 0 Å². The van der Waals surface area contributed by atoms with Gasteiger partial charge in [-0.2, -0.15) is 0 Å². The molecule has 0 bridgehead atoms. The smallest absolute Gasteiger partial charge is 0.234 e. The first-order valence-electron chi connectivity index (χ1n) is 7.09. The minimum Gasteiger partial charge on any atom is -0.486 e. The van der Waals surface area contributed by atoms with Crippen molar-refractivity contribution in [2.45, 2.75) is 13.0 Å². The maximum absolute atomic E-state index is 11.8. The van der Waals surface area contributed by atoms with E-state index in [1.165, 1.54) is 0 Å². The molecule has 1 aliphatic rings. The van der Waals surface area contributed by atoms with Gasteiger partial charge in [0.2, 0.25) is 5.91 Å². The van der Waals surface area contributed by atoms with E-state index in [4.69, 9.17) is 14.2 Å². The van der Waals surface area contributed by atoms with Crippen LogP contribution in [-0.4, -0.2) is 45.9 Å². The summed E-state index contributed by atoms with van der Waals surface area (Å²) in [5, 5.41) is 5.95. The zero-order valence-corrected chi connectivity index (χ0v) is 12.5. The quantitative estimate of drug-likeness (QED) is 0.730. The Bertz CT molecular complexity index is 479. The molecule has 0 aliphatic carbocycles. The minimum absolute atomic E-state index is 0.0477. The molecule has 1 unspecified atom stereocenters. The van der Waals surface area contributed by atoms with E-state index in [0.29, 0.717) is 26.4 Å². The monoisotopic (exact) mass is 294 g/mol. The lowest BCUT2D eigenvalue weighted by Crippen LogP contribution is -2.36. The maximum Gasteiger partial charge on any atom is 0.234 e. The molecule has 6 nitrogen and oxygen atoms in total. The number of hydrogen-bond donors (Lipinski definition) is 2. The van der Waals surface area contributed by atoms with Gasteiger partial charge in [0.1, 0.15) is 13.2 Å². The predicted molar refractivity (Wildman–Crippen MR) is 78.7 cm³/mol. The van der Waals surface area contributed by atoms with E-state index in [9.17, 15) is 4.79 Å². The second-order valence-electron chi connectivity index (χ2n) is 4.86. The molecule has 21 heavy (non-hydrogen) atoms. The molecule has 0 fully saturated rings. The van der Waals surface area contributed by atoms with Crippen LogP contribution in [0, 0.1) is 0 Å². The number of nitrogens with one attached hydrogen (secondary N) is 2. The summed E-state index contributed by atoms with van der Waals surface area (Å²) in [7, 11) is 1.63. The third-order valence-corrected chi connectivity index (χ3v) is 3.21. The molecule has 6 heteroatoms. The number of rotatable bonds is 7. The molecule has 2 rings (SSSR count). The van der Waals surface area contributed by atoms with Crippen molar-refractivity contribution < 1.29 is 19.0 Å². The standard InChI is InChI=1S/C15H22N2O4/c1-11(17-15(18)10-16-5-6-19-2)12-3-4-13-14(9-12)21-8-7-20-13/h3-4,9,11,16H,5-8,10H2,1-2H3,(H,17,18). The van der Waals surface area contributed by atoms with E-state index in [-0.39, 0.29) is 18.5 Å².